The fourth-order valence-corrected chi connectivity index (χ4v) is 3.95. The molecule has 0 aliphatic carbocycles. The molecule has 0 radical (unpaired) electrons. The normalized spacial score (nSPS) is 10.8. The number of carbonyl (C=O) groups is 1. The number of nitrogen functional groups attached to an aromatic ring is 1. The molecule has 1 aromatic heterocycles. The summed E-state index contributed by atoms with van der Waals surface area (Å²) in [4.78, 5) is 17.3. The molecule has 0 atom stereocenters. The van der Waals surface area contributed by atoms with Crippen molar-refractivity contribution in [2.45, 2.75) is 0 Å². The zero-order chi connectivity index (χ0) is 18.1. The number of rotatable bonds is 3. The number of fused-ring (bicyclic) bond motifs is 1. The van der Waals surface area contributed by atoms with Crippen LogP contribution in [0.5, 0.6) is 0 Å². The number of para-hydroxylation sites is 2. The minimum atomic E-state index is -0.288. The molecule has 0 spiro atoms. The molecule has 0 aliphatic rings. The average Bonchev–Trinajstić information content (AvgIpc) is 3.06. The molecule has 0 fully saturated rings. The summed E-state index contributed by atoms with van der Waals surface area (Å²) in [5.41, 5.74) is 9.08. The van der Waals surface area contributed by atoms with Crippen molar-refractivity contribution in [3.8, 4) is 10.6 Å². The van der Waals surface area contributed by atoms with Gasteiger partial charge in [-0.3, -0.25) is 4.79 Å². The molecule has 1 heterocycles. The molecule has 0 unspecified atom stereocenters. The largest absolute Gasteiger partial charge is 0.399 e. The predicted molar refractivity (Wildman–Crippen MR) is 109 cm³/mol. The van der Waals surface area contributed by atoms with Crippen molar-refractivity contribution in [3.63, 3.8) is 0 Å². The summed E-state index contributed by atoms with van der Waals surface area (Å²) in [6.07, 6.45) is 0. The quantitative estimate of drug-likeness (QED) is 0.465. The van der Waals surface area contributed by atoms with Gasteiger partial charge in [-0.1, -0.05) is 35.9 Å². The van der Waals surface area contributed by atoms with Crippen molar-refractivity contribution in [1.82, 2.24) is 4.98 Å². The average molecular weight is 380 g/mol. The Balaban J connectivity index is 1.70. The third-order valence-corrected chi connectivity index (χ3v) is 5.32. The second kappa shape index (κ2) is 6.78. The monoisotopic (exact) mass is 379 g/mol. The molecule has 0 saturated heterocycles. The first-order valence-electron chi connectivity index (χ1n) is 7.93. The molecule has 0 aliphatic heterocycles. The van der Waals surface area contributed by atoms with E-state index in [1.54, 1.807) is 29.5 Å². The van der Waals surface area contributed by atoms with Gasteiger partial charge in [-0.05, 0) is 42.5 Å². The van der Waals surface area contributed by atoms with Crippen molar-refractivity contribution < 1.29 is 4.79 Å². The first-order valence-corrected chi connectivity index (χ1v) is 9.12. The Hall–Kier alpha value is -2.89. The number of carbonyl (C=O) groups excluding carboxylic acids is 1. The molecule has 0 bridgehead atoms. The van der Waals surface area contributed by atoms with Gasteiger partial charge in [0.05, 0.1) is 26.5 Å². The number of aromatic nitrogens is 1. The van der Waals surface area contributed by atoms with Crippen LogP contribution in [0.25, 0.3) is 20.8 Å². The van der Waals surface area contributed by atoms with Gasteiger partial charge in [0.2, 0.25) is 0 Å². The summed E-state index contributed by atoms with van der Waals surface area (Å²) in [5.74, 6) is -0.288. The van der Waals surface area contributed by atoms with Crippen LogP contribution in [-0.2, 0) is 0 Å². The molecule has 4 nitrogen and oxygen atoms in total. The predicted octanol–water partition coefficient (Wildman–Crippen LogP) is 5.45. The fraction of sp³-hybridized carbons (Fsp3) is 0. The van der Waals surface area contributed by atoms with Crippen LogP contribution in [0, 0.1) is 0 Å². The van der Waals surface area contributed by atoms with E-state index < -0.39 is 0 Å². The first-order chi connectivity index (χ1) is 12.6. The Labute approximate surface area is 159 Å². The number of nitrogens with zero attached hydrogens (tertiary/aromatic N) is 1. The summed E-state index contributed by atoms with van der Waals surface area (Å²) < 4.78 is 1.10. The Bertz CT molecular complexity index is 1090. The lowest BCUT2D eigenvalue weighted by atomic mass is 10.1. The van der Waals surface area contributed by atoms with Gasteiger partial charge < -0.3 is 11.1 Å². The van der Waals surface area contributed by atoms with Crippen LogP contribution in [0.1, 0.15) is 10.4 Å². The highest BCUT2D eigenvalue weighted by molar-refractivity contribution is 7.21. The van der Waals surface area contributed by atoms with Crippen molar-refractivity contribution >= 4 is 50.4 Å². The molecular weight excluding hydrogens is 366 g/mol. The van der Waals surface area contributed by atoms with Gasteiger partial charge in [-0.2, -0.15) is 0 Å². The van der Waals surface area contributed by atoms with E-state index in [4.69, 9.17) is 17.3 Å². The summed E-state index contributed by atoms with van der Waals surface area (Å²) in [6, 6.07) is 20.4. The molecule has 6 heteroatoms. The van der Waals surface area contributed by atoms with E-state index in [2.05, 4.69) is 10.3 Å². The number of nitrogens with two attached hydrogens (primary N) is 1. The van der Waals surface area contributed by atoms with Crippen LogP contribution in [0.15, 0.2) is 66.7 Å². The molecule has 128 valence electrons. The van der Waals surface area contributed by atoms with Crippen LogP contribution in [0.3, 0.4) is 0 Å². The highest BCUT2D eigenvalue weighted by atomic mass is 35.5. The number of halogens is 1. The van der Waals surface area contributed by atoms with E-state index >= 15 is 0 Å². The van der Waals surface area contributed by atoms with Gasteiger partial charge >= 0.3 is 0 Å². The van der Waals surface area contributed by atoms with Crippen LogP contribution < -0.4 is 11.1 Å². The lowest BCUT2D eigenvalue weighted by Crippen LogP contribution is -2.13. The highest BCUT2D eigenvalue weighted by Gasteiger charge is 2.15. The smallest absolute Gasteiger partial charge is 0.257 e. The molecule has 0 saturated carbocycles. The molecule has 4 rings (SSSR count). The van der Waals surface area contributed by atoms with E-state index in [9.17, 15) is 4.79 Å². The summed E-state index contributed by atoms with van der Waals surface area (Å²) >= 11 is 7.74. The second-order valence-electron chi connectivity index (χ2n) is 5.73. The third kappa shape index (κ3) is 3.14. The topological polar surface area (TPSA) is 68.0 Å². The minimum Gasteiger partial charge on any atom is -0.399 e. The maximum absolute atomic E-state index is 12.6. The Morgan fingerprint density at radius 2 is 1.81 bits per heavy atom. The van der Waals surface area contributed by atoms with Crippen LogP contribution in [0.2, 0.25) is 5.02 Å². The third-order valence-electron chi connectivity index (χ3n) is 3.94. The fourth-order valence-electron chi connectivity index (χ4n) is 2.67. The highest BCUT2D eigenvalue weighted by Crippen LogP contribution is 2.34. The van der Waals surface area contributed by atoms with Crippen LogP contribution >= 0.6 is 22.9 Å². The lowest BCUT2D eigenvalue weighted by molar-refractivity contribution is 0.102. The Kier molecular flexibility index (Phi) is 4.32. The van der Waals surface area contributed by atoms with E-state index in [0.29, 0.717) is 22.0 Å². The van der Waals surface area contributed by atoms with Crippen molar-refractivity contribution in [2.75, 3.05) is 11.1 Å². The number of nitrogens with one attached hydrogen (secondary N) is 1. The van der Waals surface area contributed by atoms with Gasteiger partial charge in [-0.25, -0.2) is 4.98 Å². The van der Waals surface area contributed by atoms with Crippen LogP contribution in [0.4, 0.5) is 11.4 Å². The minimum absolute atomic E-state index is 0.288. The molecule has 26 heavy (non-hydrogen) atoms. The van der Waals surface area contributed by atoms with Gasteiger partial charge in [0.25, 0.3) is 5.91 Å². The van der Waals surface area contributed by atoms with Crippen LogP contribution in [-0.4, -0.2) is 10.9 Å². The van der Waals surface area contributed by atoms with Gasteiger partial charge in [0.1, 0.15) is 5.01 Å². The van der Waals surface area contributed by atoms with E-state index in [1.807, 2.05) is 48.5 Å². The molecule has 1 amide bonds. The summed E-state index contributed by atoms with van der Waals surface area (Å²) in [6.45, 7) is 0. The van der Waals surface area contributed by atoms with Gasteiger partial charge in [0.15, 0.2) is 0 Å². The molecular formula is C20H14ClN3OS. The summed E-state index contributed by atoms with van der Waals surface area (Å²) in [7, 11) is 0. The number of thiazole rings is 1. The van der Waals surface area contributed by atoms with Gasteiger partial charge in [0, 0.05) is 11.3 Å². The number of anilines is 2. The van der Waals surface area contributed by atoms with Gasteiger partial charge in [-0.15, -0.1) is 11.3 Å². The number of benzene rings is 3. The Morgan fingerprint density at radius 1 is 1.04 bits per heavy atom. The van der Waals surface area contributed by atoms with E-state index in [-0.39, 0.29) is 5.91 Å². The number of hydrogen-bond donors (Lipinski definition) is 2. The zero-order valence-corrected chi connectivity index (χ0v) is 15.1. The Morgan fingerprint density at radius 3 is 2.62 bits per heavy atom. The van der Waals surface area contributed by atoms with Crippen molar-refractivity contribution in [1.29, 1.82) is 0 Å². The first kappa shape index (κ1) is 16.6. The SMILES string of the molecule is Nc1ccc(C(=O)Nc2ccccc2-c2nc3ccccc3s2)c(Cl)c1. The maximum Gasteiger partial charge on any atom is 0.257 e. The number of amides is 1. The summed E-state index contributed by atoms with van der Waals surface area (Å²) in [5, 5.41) is 4.10. The zero-order valence-electron chi connectivity index (χ0n) is 13.6. The molecule has 4 aromatic rings. The van der Waals surface area contributed by atoms with E-state index in [1.165, 1.54) is 0 Å². The maximum atomic E-state index is 12.6. The lowest BCUT2D eigenvalue weighted by Gasteiger charge is -2.10. The van der Waals surface area contributed by atoms with Crippen molar-refractivity contribution in [2.24, 2.45) is 0 Å². The number of hydrogen-bond acceptors (Lipinski definition) is 4. The standard InChI is InChI=1S/C20H14ClN3OS/c21-15-11-12(22)9-10-13(15)19(25)23-16-6-2-1-5-14(16)20-24-17-7-3-4-8-18(17)26-20/h1-11H,22H2,(H,23,25). The second-order valence-corrected chi connectivity index (χ2v) is 7.16. The van der Waals surface area contributed by atoms with Crippen molar-refractivity contribution in [3.05, 3.63) is 77.3 Å². The molecule has 3 aromatic carbocycles. The van der Waals surface area contributed by atoms with E-state index in [0.717, 1.165) is 20.8 Å². The molecule has 3 N–H and O–H groups in total.